The van der Waals surface area contributed by atoms with E-state index in [-0.39, 0.29) is 10.0 Å². The molecule has 1 N–H and O–H groups in total. The largest absolute Gasteiger partial charge is 0.384 e. The molecule has 0 saturated carbocycles. The van der Waals surface area contributed by atoms with Crippen LogP contribution >= 0.6 is 15.9 Å². The summed E-state index contributed by atoms with van der Waals surface area (Å²) >= 11 is 2.98. The predicted molar refractivity (Wildman–Crippen MR) is 64.5 cm³/mol. The zero-order valence-corrected chi connectivity index (χ0v) is 10.6. The fourth-order valence-electron chi connectivity index (χ4n) is 1.61. The van der Waals surface area contributed by atoms with Crippen molar-refractivity contribution in [1.29, 1.82) is 0 Å². The Labute approximate surface area is 110 Å². The van der Waals surface area contributed by atoms with Crippen LogP contribution in [0.25, 0.3) is 0 Å². The molecule has 2 rings (SSSR count). The smallest absolute Gasteiger partial charge is 0.137 e. The van der Waals surface area contributed by atoms with Gasteiger partial charge in [-0.05, 0) is 51.3 Å². The van der Waals surface area contributed by atoms with E-state index in [2.05, 4.69) is 15.9 Å². The molecule has 1 atom stereocenters. The zero-order chi connectivity index (χ0) is 13.3. The molecule has 18 heavy (non-hydrogen) atoms. The maximum atomic E-state index is 13.0. The molecule has 0 aliphatic rings. The van der Waals surface area contributed by atoms with Crippen LogP contribution in [0.5, 0.6) is 0 Å². The molecule has 5 heteroatoms. The summed E-state index contributed by atoms with van der Waals surface area (Å²) in [4.78, 5) is 0. The molecule has 0 radical (unpaired) electrons. The maximum Gasteiger partial charge on any atom is 0.137 e. The number of hydrogen-bond acceptors (Lipinski definition) is 1. The minimum absolute atomic E-state index is 0.0750. The number of hydrogen-bond donors (Lipinski definition) is 1. The molecular formula is C13H8BrF3O. The van der Waals surface area contributed by atoms with Gasteiger partial charge in [-0.25, -0.2) is 13.2 Å². The van der Waals surface area contributed by atoms with Gasteiger partial charge in [-0.1, -0.05) is 6.07 Å². The van der Waals surface area contributed by atoms with Crippen LogP contribution in [0.3, 0.4) is 0 Å². The third-order valence-electron chi connectivity index (χ3n) is 2.46. The predicted octanol–water partition coefficient (Wildman–Crippen LogP) is 3.95. The first kappa shape index (κ1) is 13.1. The molecule has 0 spiro atoms. The van der Waals surface area contributed by atoms with Crippen LogP contribution in [0.2, 0.25) is 0 Å². The second-order valence-electron chi connectivity index (χ2n) is 3.78. The third-order valence-corrected chi connectivity index (χ3v) is 3.07. The van der Waals surface area contributed by atoms with Crippen LogP contribution in [0.1, 0.15) is 17.2 Å². The third kappa shape index (κ3) is 2.73. The van der Waals surface area contributed by atoms with E-state index in [0.29, 0.717) is 5.56 Å². The van der Waals surface area contributed by atoms with E-state index in [1.54, 1.807) is 0 Å². The fraction of sp³-hybridized carbons (Fsp3) is 0.0769. The van der Waals surface area contributed by atoms with Crippen molar-refractivity contribution >= 4 is 15.9 Å². The highest BCUT2D eigenvalue weighted by Crippen LogP contribution is 2.26. The van der Waals surface area contributed by atoms with E-state index in [0.717, 1.165) is 24.3 Å². The lowest BCUT2D eigenvalue weighted by molar-refractivity contribution is 0.219. The normalized spacial score (nSPS) is 12.5. The van der Waals surface area contributed by atoms with Crippen molar-refractivity contribution in [3.05, 3.63) is 69.4 Å². The van der Waals surface area contributed by atoms with Crippen LogP contribution in [0.15, 0.2) is 40.9 Å². The van der Waals surface area contributed by atoms with Gasteiger partial charge in [0.15, 0.2) is 0 Å². The van der Waals surface area contributed by atoms with E-state index in [4.69, 9.17) is 0 Å². The molecule has 94 valence electrons. The maximum absolute atomic E-state index is 13.0. The van der Waals surface area contributed by atoms with Gasteiger partial charge < -0.3 is 5.11 Å². The molecule has 0 aromatic heterocycles. The highest BCUT2D eigenvalue weighted by atomic mass is 79.9. The number of aliphatic hydroxyl groups excluding tert-OH is 1. The second-order valence-corrected chi connectivity index (χ2v) is 4.63. The van der Waals surface area contributed by atoms with Crippen molar-refractivity contribution in [2.45, 2.75) is 6.10 Å². The van der Waals surface area contributed by atoms with Crippen LogP contribution in [-0.4, -0.2) is 5.11 Å². The Morgan fingerprint density at radius 1 is 0.889 bits per heavy atom. The van der Waals surface area contributed by atoms with Gasteiger partial charge in [-0.2, -0.15) is 0 Å². The van der Waals surface area contributed by atoms with Gasteiger partial charge >= 0.3 is 0 Å². The number of benzene rings is 2. The SMILES string of the molecule is OC(c1cc(F)cc(F)c1)c1ccc(F)c(Br)c1. The molecule has 0 saturated heterocycles. The summed E-state index contributed by atoms with van der Waals surface area (Å²) in [6.45, 7) is 0. The molecule has 1 unspecified atom stereocenters. The first-order valence-corrected chi connectivity index (χ1v) is 5.85. The second kappa shape index (κ2) is 5.12. The Morgan fingerprint density at radius 2 is 1.50 bits per heavy atom. The molecule has 0 fully saturated rings. The van der Waals surface area contributed by atoms with Gasteiger partial charge in [-0.15, -0.1) is 0 Å². The Bertz CT molecular complexity index is 566. The lowest BCUT2D eigenvalue weighted by Crippen LogP contribution is -2.01. The van der Waals surface area contributed by atoms with Gasteiger partial charge in [0.25, 0.3) is 0 Å². The van der Waals surface area contributed by atoms with Crippen molar-refractivity contribution in [3.63, 3.8) is 0 Å². The zero-order valence-electron chi connectivity index (χ0n) is 9.00. The van der Waals surface area contributed by atoms with Crippen molar-refractivity contribution in [3.8, 4) is 0 Å². The van der Waals surface area contributed by atoms with Crippen LogP contribution in [0, 0.1) is 17.5 Å². The van der Waals surface area contributed by atoms with Crippen molar-refractivity contribution < 1.29 is 18.3 Å². The van der Waals surface area contributed by atoms with Gasteiger partial charge in [0, 0.05) is 6.07 Å². The molecule has 2 aromatic rings. The number of aliphatic hydroxyl groups is 1. The van der Waals surface area contributed by atoms with Gasteiger partial charge in [0.2, 0.25) is 0 Å². The van der Waals surface area contributed by atoms with Crippen LogP contribution in [0.4, 0.5) is 13.2 Å². The molecule has 0 heterocycles. The molecule has 2 aromatic carbocycles. The summed E-state index contributed by atoms with van der Waals surface area (Å²) in [6, 6.07) is 6.67. The van der Waals surface area contributed by atoms with Crippen molar-refractivity contribution in [2.24, 2.45) is 0 Å². The van der Waals surface area contributed by atoms with Crippen LogP contribution < -0.4 is 0 Å². The summed E-state index contributed by atoms with van der Waals surface area (Å²) in [5.41, 5.74) is 0.416. The average molecular weight is 317 g/mol. The number of halogens is 4. The molecule has 0 aliphatic heterocycles. The fourth-order valence-corrected chi connectivity index (χ4v) is 2.00. The molecule has 1 nitrogen and oxygen atoms in total. The average Bonchev–Trinajstić information content (AvgIpc) is 2.30. The van der Waals surface area contributed by atoms with Gasteiger partial charge in [0.1, 0.15) is 23.6 Å². The Kier molecular flexibility index (Phi) is 3.73. The highest BCUT2D eigenvalue weighted by molar-refractivity contribution is 9.10. The van der Waals surface area contributed by atoms with E-state index < -0.39 is 23.6 Å². The minimum atomic E-state index is -1.22. The lowest BCUT2D eigenvalue weighted by Gasteiger charge is -2.12. The summed E-state index contributed by atoms with van der Waals surface area (Å²) in [6.07, 6.45) is -1.22. The Morgan fingerprint density at radius 3 is 2.06 bits per heavy atom. The van der Waals surface area contributed by atoms with Crippen LogP contribution in [-0.2, 0) is 0 Å². The first-order chi connectivity index (χ1) is 8.47. The van der Waals surface area contributed by atoms with Gasteiger partial charge in [0.05, 0.1) is 4.47 Å². The first-order valence-electron chi connectivity index (χ1n) is 5.06. The Hall–Kier alpha value is -1.33. The monoisotopic (exact) mass is 316 g/mol. The van der Waals surface area contributed by atoms with Crippen molar-refractivity contribution in [2.75, 3.05) is 0 Å². The van der Waals surface area contributed by atoms with E-state index in [9.17, 15) is 18.3 Å². The van der Waals surface area contributed by atoms with E-state index >= 15 is 0 Å². The van der Waals surface area contributed by atoms with Gasteiger partial charge in [-0.3, -0.25) is 0 Å². The molecule has 0 aliphatic carbocycles. The summed E-state index contributed by atoms with van der Waals surface area (Å²) in [5.74, 6) is -2.02. The topological polar surface area (TPSA) is 20.2 Å². The van der Waals surface area contributed by atoms with E-state index in [1.807, 2.05) is 0 Å². The van der Waals surface area contributed by atoms with Crippen molar-refractivity contribution in [1.82, 2.24) is 0 Å². The summed E-state index contributed by atoms with van der Waals surface area (Å²) in [7, 11) is 0. The minimum Gasteiger partial charge on any atom is -0.384 e. The quantitative estimate of drug-likeness (QED) is 0.889. The molecular weight excluding hydrogens is 309 g/mol. The molecule has 0 amide bonds. The lowest BCUT2D eigenvalue weighted by atomic mass is 10.0. The summed E-state index contributed by atoms with van der Waals surface area (Å²) in [5, 5.41) is 9.98. The number of rotatable bonds is 2. The molecule has 0 bridgehead atoms. The Balaban J connectivity index is 2.40. The summed E-state index contributed by atoms with van der Waals surface area (Å²) < 4.78 is 39.3. The standard InChI is InChI=1S/C13H8BrF3O/c14-11-5-7(1-2-12(11)17)13(18)8-3-9(15)6-10(16)4-8/h1-6,13,18H. The van der Waals surface area contributed by atoms with E-state index in [1.165, 1.54) is 12.1 Å². The highest BCUT2D eigenvalue weighted by Gasteiger charge is 2.14.